The maximum absolute atomic E-state index is 11.2. The highest BCUT2D eigenvalue weighted by Gasteiger charge is 2.20. The van der Waals surface area contributed by atoms with Crippen LogP contribution in [-0.4, -0.2) is 48.0 Å². The summed E-state index contributed by atoms with van der Waals surface area (Å²) in [5, 5.41) is 12.1. The molecule has 1 aromatic carbocycles. The normalized spacial score (nSPS) is 16.4. The van der Waals surface area contributed by atoms with Crippen LogP contribution in [0.15, 0.2) is 24.3 Å². The standard InChI is InChI=1S/C15H18N4O2/c1-11-10-14(18-8-6-17(2)7-9-18)12-4-3-5-13(19(20)21)15(12)16-11/h3-5,10H,6-9H2,1-2H3. The lowest BCUT2D eigenvalue weighted by Gasteiger charge is -2.34. The number of non-ortho nitro benzene ring substituents is 1. The molecule has 6 nitrogen and oxygen atoms in total. The van der Waals surface area contributed by atoms with Gasteiger partial charge in [-0.3, -0.25) is 10.1 Å². The molecule has 0 bridgehead atoms. The van der Waals surface area contributed by atoms with Gasteiger partial charge in [0.15, 0.2) is 5.52 Å². The van der Waals surface area contributed by atoms with Crippen molar-refractivity contribution in [2.45, 2.75) is 6.92 Å². The Labute approximate surface area is 123 Å². The van der Waals surface area contributed by atoms with Gasteiger partial charge >= 0.3 is 0 Å². The van der Waals surface area contributed by atoms with Gasteiger partial charge in [-0.25, -0.2) is 4.98 Å². The lowest BCUT2D eigenvalue weighted by Crippen LogP contribution is -2.44. The SMILES string of the molecule is Cc1cc(N2CCN(C)CC2)c2cccc([N+](=O)[O-])c2n1. The minimum absolute atomic E-state index is 0.0755. The maximum Gasteiger partial charge on any atom is 0.295 e. The molecule has 110 valence electrons. The fourth-order valence-corrected chi connectivity index (χ4v) is 2.80. The van der Waals surface area contributed by atoms with Gasteiger partial charge < -0.3 is 9.80 Å². The number of likely N-dealkylation sites (N-methyl/N-ethyl adjacent to an activating group) is 1. The van der Waals surface area contributed by atoms with Crippen molar-refractivity contribution in [3.05, 3.63) is 40.1 Å². The molecule has 1 saturated heterocycles. The van der Waals surface area contributed by atoms with E-state index in [1.54, 1.807) is 6.07 Å². The molecular formula is C15H18N4O2. The van der Waals surface area contributed by atoms with Crippen molar-refractivity contribution in [2.24, 2.45) is 0 Å². The van der Waals surface area contributed by atoms with Crippen LogP contribution in [-0.2, 0) is 0 Å². The zero-order valence-corrected chi connectivity index (χ0v) is 12.2. The fourth-order valence-electron chi connectivity index (χ4n) is 2.80. The van der Waals surface area contributed by atoms with Crippen LogP contribution in [0.2, 0.25) is 0 Å². The Morgan fingerprint density at radius 1 is 1.24 bits per heavy atom. The van der Waals surface area contributed by atoms with Crippen LogP contribution in [0.1, 0.15) is 5.69 Å². The van der Waals surface area contributed by atoms with Crippen LogP contribution in [0.3, 0.4) is 0 Å². The van der Waals surface area contributed by atoms with Gasteiger partial charge in [0.05, 0.1) is 4.92 Å². The number of anilines is 1. The Bertz CT molecular complexity index is 693. The Kier molecular flexibility index (Phi) is 3.47. The predicted octanol–water partition coefficient (Wildman–Crippen LogP) is 2.20. The number of pyridine rings is 1. The summed E-state index contributed by atoms with van der Waals surface area (Å²) in [6.45, 7) is 5.74. The van der Waals surface area contributed by atoms with Crippen LogP contribution in [0, 0.1) is 17.0 Å². The first-order chi connectivity index (χ1) is 10.1. The molecule has 0 unspecified atom stereocenters. The van der Waals surface area contributed by atoms with Crippen molar-refractivity contribution in [1.82, 2.24) is 9.88 Å². The third kappa shape index (κ3) is 2.54. The van der Waals surface area contributed by atoms with Crippen molar-refractivity contribution in [3.8, 4) is 0 Å². The first-order valence-corrected chi connectivity index (χ1v) is 7.04. The molecule has 1 aliphatic heterocycles. The van der Waals surface area contributed by atoms with Crippen molar-refractivity contribution in [2.75, 3.05) is 38.1 Å². The van der Waals surface area contributed by atoms with Gasteiger partial charge in [-0.05, 0) is 20.0 Å². The topological polar surface area (TPSA) is 62.5 Å². The molecule has 6 heteroatoms. The summed E-state index contributed by atoms with van der Waals surface area (Å²) in [6, 6.07) is 7.19. The number of para-hydroxylation sites is 1. The molecule has 0 N–H and O–H groups in total. The number of nitro groups is 1. The molecule has 1 aromatic heterocycles. The van der Waals surface area contributed by atoms with E-state index in [2.05, 4.69) is 21.8 Å². The van der Waals surface area contributed by atoms with Gasteiger partial charge in [0.2, 0.25) is 0 Å². The van der Waals surface area contributed by atoms with Gasteiger partial charge in [0.25, 0.3) is 5.69 Å². The molecule has 3 rings (SSSR count). The Morgan fingerprint density at radius 3 is 2.62 bits per heavy atom. The number of benzene rings is 1. The molecule has 0 radical (unpaired) electrons. The molecule has 2 aromatic rings. The second kappa shape index (κ2) is 5.29. The van der Waals surface area contributed by atoms with Gasteiger partial charge in [-0.1, -0.05) is 12.1 Å². The first-order valence-electron chi connectivity index (χ1n) is 7.04. The van der Waals surface area contributed by atoms with E-state index in [1.165, 1.54) is 6.07 Å². The highest BCUT2D eigenvalue weighted by molar-refractivity contribution is 5.97. The number of piperazine rings is 1. The van der Waals surface area contributed by atoms with Crippen molar-refractivity contribution >= 4 is 22.3 Å². The van der Waals surface area contributed by atoms with Crippen LogP contribution in [0.4, 0.5) is 11.4 Å². The smallest absolute Gasteiger partial charge is 0.295 e. The number of nitro benzene ring substituents is 1. The summed E-state index contributed by atoms with van der Waals surface area (Å²) >= 11 is 0. The van der Waals surface area contributed by atoms with Gasteiger partial charge in [-0.2, -0.15) is 0 Å². The second-order valence-corrected chi connectivity index (χ2v) is 5.50. The summed E-state index contributed by atoms with van der Waals surface area (Å²) in [4.78, 5) is 19.8. The van der Waals surface area contributed by atoms with Crippen LogP contribution in [0.25, 0.3) is 10.9 Å². The van der Waals surface area contributed by atoms with E-state index < -0.39 is 0 Å². The van der Waals surface area contributed by atoms with E-state index >= 15 is 0 Å². The number of hydrogen-bond donors (Lipinski definition) is 0. The Hall–Kier alpha value is -2.21. The minimum Gasteiger partial charge on any atom is -0.368 e. The third-order valence-corrected chi connectivity index (χ3v) is 3.97. The van der Waals surface area contributed by atoms with Crippen LogP contribution in [0.5, 0.6) is 0 Å². The zero-order valence-electron chi connectivity index (χ0n) is 12.2. The van der Waals surface area contributed by atoms with E-state index in [1.807, 2.05) is 19.1 Å². The Morgan fingerprint density at radius 2 is 1.95 bits per heavy atom. The molecule has 1 fully saturated rings. The van der Waals surface area contributed by atoms with E-state index in [-0.39, 0.29) is 10.6 Å². The predicted molar refractivity (Wildman–Crippen MR) is 82.8 cm³/mol. The molecule has 0 atom stereocenters. The molecule has 2 heterocycles. The summed E-state index contributed by atoms with van der Waals surface area (Å²) in [7, 11) is 2.11. The van der Waals surface area contributed by atoms with Gasteiger partial charge in [0.1, 0.15) is 0 Å². The number of hydrogen-bond acceptors (Lipinski definition) is 5. The highest BCUT2D eigenvalue weighted by atomic mass is 16.6. The van der Waals surface area contributed by atoms with Crippen molar-refractivity contribution < 1.29 is 4.92 Å². The number of nitrogens with zero attached hydrogens (tertiary/aromatic N) is 4. The molecule has 0 spiro atoms. The largest absolute Gasteiger partial charge is 0.368 e. The lowest BCUT2D eigenvalue weighted by atomic mass is 10.1. The molecule has 1 aliphatic rings. The third-order valence-electron chi connectivity index (χ3n) is 3.97. The van der Waals surface area contributed by atoms with E-state index in [4.69, 9.17) is 0 Å². The van der Waals surface area contributed by atoms with E-state index in [0.29, 0.717) is 5.52 Å². The average Bonchev–Trinajstić information content (AvgIpc) is 2.46. The summed E-state index contributed by atoms with van der Waals surface area (Å²) < 4.78 is 0. The molecule has 0 amide bonds. The fraction of sp³-hybridized carbons (Fsp3) is 0.400. The lowest BCUT2D eigenvalue weighted by molar-refractivity contribution is -0.383. The zero-order chi connectivity index (χ0) is 15.0. The summed E-state index contributed by atoms with van der Waals surface area (Å²) in [6.07, 6.45) is 0. The van der Waals surface area contributed by atoms with Gasteiger partial charge in [0, 0.05) is 49.0 Å². The molecule has 0 aliphatic carbocycles. The number of aryl methyl sites for hydroxylation is 1. The number of aromatic nitrogens is 1. The summed E-state index contributed by atoms with van der Waals surface area (Å²) in [5.74, 6) is 0. The minimum atomic E-state index is -0.359. The number of rotatable bonds is 2. The second-order valence-electron chi connectivity index (χ2n) is 5.50. The average molecular weight is 286 g/mol. The van der Waals surface area contributed by atoms with Crippen molar-refractivity contribution in [1.29, 1.82) is 0 Å². The number of fused-ring (bicyclic) bond motifs is 1. The Balaban J connectivity index is 2.14. The van der Waals surface area contributed by atoms with E-state index in [9.17, 15) is 10.1 Å². The van der Waals surface area contributed by atoms with Crippen LogP contribution >= 0.6 is 0 Å². The van der Waals surface area contributed by atoms with Gasteiger partial charge in [-0.15, -0.1) is 0 Å². The van der Waals surface area contributed by atoms with Crippen molar-refractivity contribution in [3.63, 3.8) is 0 Å². The summed E-state index contributed by atoms with van der Waals surface area (Å²) in [5.41, 5.74) is 2.42. The molecule has 0 saturated carbocycles. The highest BCUT2D eigenvalue weighted by Crippen LogP contribution is 2.32. The quantitative estimate of drug-likeness (QED) is 0.625. The monoisotopic (exact) mass is 286 g/mol. The van der Waals surface area contributed by atoms with Crippen LogP contribution < -0.4 is 4.90 Å². The van der Waals surface area contributed by atoms with E-state index in [0.717, 1.165) is 42.9 Å². The molecule has 21 heavy (non-hydrogen) atoms. The maximum atomic E-state index is 11.2. The molecular weight excluding hydrogens is 268 g/mol. The first kappa shape index (κ1) is 13.8.